The molecule has 0 unspecified atom stereocenters. The van der Waals surface area contributed by atoms with E-state index in [-0.39, 0.29) is 18.4 Å². The van der Waals surface area contributed by atoms with Gasteiger partial charge in [0.2, 0.25) is 11.9 Å². The third-order valence-electron chi connectivity index (χ3n) is 6.69. The lowest BCUT2D eigenvalue weighted by atomic mass is 10.0. The first-order chi connectivity index (χ1) is 19.6. The number of benzene rings is 1. The number of fused-ring (bicyclic) bond motifs is 1. The number of rotatable bonds is 6. The fourth-order valence-corrected chi connectivity index (χ4v) is 4.74. The Morgan fingerprint density at radius 3 is 2.54 bits per heavy atom. The number of nitrogens with one attached hydrogen (secondary N) is 1. The van der Waals surface area contributed by atoms with Crippen molar-refractivity contribution in [2.75, 3.05) is 50.8 Å². The summed E-state index contributed by atoms with van der Waals surface area (Å²) in [5.74, 6) is 0.0411. The van der Waals surface area contributed by atoms with Gasteiger partial charge in [-0.05, 0) is 44.9 Å². The molecule has 0 radical (unpaired) electrons. The van der Waals surface area contributed by atoms with E-state index in [9.17, 15) is 18.4 Å². The average molecular weight is 570 g/mol. The summed E-state index contributed by atoms with van der Waals surface area (Å²) in [4.78, 5) is 41.9. The van der Waals surface area contributed by atoms with Crippen LogP contribution in [0.3, 0.4) is 0 Å². The molecular weight excluding hydrogens is 536 g/mol. The largest absolute Gasteiger partial charge is 0.444 e. The highest BCUT2D eigenvalue weighted by Gasteiger charge is 2.26. The summed E-state index contributed by atoms with van der Waals surface area (Å²) in [7, 11) is 0. The first kappa shape index (κ1) is 28.4. The predicted molar refractivity (Wildman–Crippen MR) is 148 cm³/mol. The highest BCUT2D eigenvalue weighted by molar-refractivity contribution is 5.83. The third-order valence-corrected chi connectivity index (χ3v) is 6.69. The van der Waals surface area contributed by atoms with Crippen molar-refractivity contribution in [3.8, 4) is 5.95 Å². The van der Waals surface area contributed by atoms with E-state index in [1.54, 1.807) is 49.9 Å². The number of imidazole rings is 1. The van der Waals surface area contributed by atoms with E-state index in [0.717, 1.165) is 5.57 Å². The maximum Gasteiger partial charge on any atom is 0.408 e. The molecule has 4 heterocycles. The molecule has 1 N–H and O–H groups in total. The molecule has 1 saturated heterocycles. The molecule has 0 bridgehead atoms. The second kappa shape index (κ2) is 11.8. The summed E-state index contributed by atoms with van der Waals surface area (Å²) in [5.41, 5.74) is 1.71. The highest BCUT2D eigenvalue weighted by atomic mass is 19.3. The van der Waals surface area contributed by atoms with Crippen molar-refractivity contribution in [2.45, 2.75) is 39.2 Å². The third kappa shape index (κ3) is 6.62. The normalized spacial score (nSPS) is 16.2. The van der Waals surface area contributed by atoms with Crippen molar-refractivity contribution < 1.29 is 27.8 Å². The Bertz CT molecular complexity index is 1460. The number of ether oxygens (including phenoxy) is 2. The minimum absolute atomic E-state index is 0.106. The van der Waals surface area contributed by atoms with Gasteiger partial charge in [0, 0.05) is 32.2 Å². The summed E-state index contributed by atoms with van der Waals surface area (Å²) in [6.45, 7) is 8.05. The fraction of sp³-hybridized carbons (Fsp3) is 0.464. The smallest absolute Gasteiger partial charge is 0.408 e. The molecule has 0 atom stereocenters. The number of hydrogen-bond donors (Lipinski definition) is 1. The van der Waals surface area contributed by atoms with Gasteiger partial charge in [-0.2, -0.15) is 4.98 Å². The number of carbonyl (C=O) groups is 2. The molecule has 218 valence electrons. The molecule has 5 rings (SSSR count). The van der Waals surface area contributed by atoms with Crippen LogP contribution in [0.15, 0.2) is 36.4 Å². The summed E-state index contributed by atoms with van der Waals surface area (Å²) in [6, 6.07) is 8.75. The molecule has 3 aromatic rings. The van der Waals surface area contributed by atoms with Crippen molar-refractivity contribution in [3.05, 3.63) is 47.9 Å². The van der Waals surface area contributed by atoms with Gasteiger partial charge in [0.15, 0.2) is 5.82 Å². The van der Waals surface area contributed by atoms with Crippen LogP contribution >= 0.6 is 0 Å². The van der Waals surface area contributed by atoms with Crippen LogP contribution in [0.1, 0.15) is 45.1 Å². The number of carbonyl (C=O) groups excluding carboxylic acids is 2. The first-order valence-electron chi connectivity index (χ1n) is 13.5. The Morgan fingerprint density at radius 2 is 1.85 bits per heavy atom. The molecule has 41 heavy (non-hydrogen) atoms. The zero-order valence-electron chi connectivity index (χ0n) is 23.3. The summed E-state index contributed by atoms with van der Waals surface area (Å²) >= 11 is 0. The quantitative estimate of drug-likeness (QED) is 0.478. The molecular formula is C28H33F2N7O4. The van der Waals surface area contributed by atoms with Crippen molar-refractivity contribution in [2.24, 2.45) is 0 Å². The van der Waals surface area contributed by atoms with Crippen molar-refractivity contribution in [1.29, 1.82) is 0 Å². The van der Waals surface area contributed by atoms with Crippen molar-refractivity contribution >= 4 is 34.4 Å². The van der Waals surface area contributed by atoms with Crippen LogP contribution in [-0.4, -0.2) is 88.0 Å². The molecule has 1 fully saturated rings. The number of alkyl carbamates (subject to hydrolysis) is 1. The Labute approximate surface area is 236 Å². The summed E-state index contributed by atoms with van der Waals surface area (Å²) < 4.78 is 40.2. The Balaban J connectivity index is 1.43. The molecule has 2 aromatic heterocycles. The average Bonchev–Trinajstić information content (AvgIpc) is 3.36. The lowest BCUT2D eigenvalue weighted by molar-refractivity contribution is -0.129. The Kier molecular flexibility index (Phi) is 8.15. The Hall–Kier alpha value is -4.13. The van der Waals surface area contributed by atoms with Crippen molar-refractivity contribution in [3.63, 3.8) is 0 Å². The Morgan fingerprint density at radius 1 is 1.10 bits per heavy atom. The van der Waals surface area contributed by atoms with Gasteiger partial charge in [-0.15, -0.1) is 0 Å². The van der Waals surface area contributed by atoms with Gasteiger partial charge in [0.1, 0.15) is 18.0 Å². The number of alkyl halides is 2. The zero-order valence-corrected chi connectivity index (χ0v) is 23.3. The van der Waals surface area contributed by atoms with Gasteiger partial charge in [-0.25, -0.2) is 23.5 Å². The van der Waals surface area contributed by atoms with E-state index in [1.807, 2.05) is 17.0 Å². The van der Waals surface area contributed by atoms with Crippen LogP contribution < -0.4 is 10.2 Å². The van der Waals surface area contributed by atoms with Crippen LogP contribution in [0, 0.1) is 0 Å². The number of anilines is 1. The number of amides is 2. The van der Waals surface area contributed by atoms with Gasteiger partial charge in [0.05, 0.1) is 29.9 Å². The van der Waals surface area contributed by atoms with Gasteiger partial charge >= 0.3 is 6.09 Å². The van der Waals surface area contributed by atoms with Crippen LogP contribution in [0.2, 0.25) is 0 Å². The standard InChI is InChI=1S/C28H33F2N7O4/c1-28(2,3)41-27(39)31-17-23(38)36-10-8-18(9-11-36)20-16-22(35-12-14-40-15-13-35)34-26(33-20)37-21-7-5-4-6-19(21)32-25(37)24(29)30/h4-8,16,24H,9-15,17H2,1-3H3,(H,31,39). The van der Waals surface area contributed by atoms with Crippen LogP contribution in [-0.2, 0) is 14.3 Å². The van der Waals surface area contributed by atoms with E-state index < -0.39 is 23.9 Å². The zero-order chi connectivity index (χ0) is 29.1. The molecule has 2 amide bonds. The van der Waals surface area contributed by atoms with Gasteiger partial charge in [-0.1, -0.05) is 18.2 Å². The van der Waals surface area contributed by atoms with E-state index in [1.165, 1.54) is 4.57 Å². The van der Waals surface area contributed by atoms with Crippen LogP contribution in [0.25, 0.3) is 22.6 Å². The van der Waals surface area contributed by atoms with E-state index in [2.05, 4.69) is 10.3 Å². The lowest BCUT2D eigenvalue weighted by Crippen LogP contribution is -2.43. The molecule has 2 aliphatic rings. The number of para-hydroxylation sites is 2. The monoisotopic (exact) mass is 569 g/mol. The lowest BCUT2D eigenvalue weighted by Gasteiger charge is -2.29. The van der Waals surface area contributed by atoms with Gasteiger partial charge < -0.3 is 24.6 Å². The SMILES string of the molecule is CC(C)(C)OC(=O)NCC(=O)N1CC=C(c2cc(N3CCOCC3)nc(-n3c(C(F)F)nc4ccccc43)n2)CC1. The number of nitrogens with zero attached hydrogens (tertiary/aromatic N) is 6. The van der Waals surface area contributed by atoms with Crippen molar-refractivity contribution in [1.82, 2.24) is 29.7 Å². The summed E-state index contributed by atoms with van der Waals surface area (Å²) in [5, 5.41) is 2.50. The summed E-state index contributed by atoms with van der Waals surface area (Å²) in [6.07, 6.45) is -1.10. The molecule has 2 aliphatic heterocycles. The molecule has 11 nitrogen and oxygen atoms in total. The van der Waals surface area contributed by atoms with E-state index >= 15 is 0 Å². The van der Waals surface area contributed by atoms with E-state index in [0.29, 0.717) is 68.4 Å². The first-order valence-corrected chi connectivity index (χ1v) is 13.5. The van der Waals surface area contributed by atoms with Gasteiger partial charge in [-0.3, -0.25) is 9.36 Å². The minimum atomic E-state index is -2.83. The topological polar surface area (TPSA) is 115 Å². The second-order valence-corrected chi connectivity index (χ2v) is 10.8. The maximum atomic E-state index is 14.1. The van der Waals surface area contributed by atoms with Crippen LogP contribution in [0.5, 0.6) is 0 Å². The fourth-order valence-electron chi connectivity index (χ4n) is 4.74. The molecule has 13 heteroatoms. The number of hydrogen-bond acceptors (Lipinski definition) is 8. The predicted octanol–water partition coefficient (Wildman–Crippen LogP) is 3.73. The number of aromatic nitrogens is 4. The molecule has 1 aromatic carbocycles. The minimum Gasteiger partial charge on any atom is -0.444 e. The number of halogens is 2. The maximum absolute atomic E-state index is 14.1. The molecule has 0 saturated carbocycles. The van der Waals surface area contributed by atoms with E-state index in [4.69, 9.17) is 19.4 Å². The highest BCUT2D eigenvalue weighted by Crippen LogP contribution is 2.30. The van der Waals surface area contributed by atoms with Crippen LogP contribution in [0.4, 0.5) is 19.4 Å². The molecule has 0 spiro atoms. The molecule has 0 aliphatic carbocycles. The second-order valence-electron chi connectivity index (χ2n) is 10.8. The number of morpholine rings is 1. The van der Waals surface area contributed by atoms with Gasteiger partial charge in [0.25, 0.3) is 6.43 Å².